The van der Waals surface area contributed by atoms with Gasteiger partial charge in [-0.2, -0.15) is 0 Å². The van der Waals surface area contributed by atoms with Crippen LogP contribution < -0.4 is 11.2 Å². The Kier molecular flexibility index (Phi) is 4.64. The second-order valence-electron chi connectivity index (χ2n) is 5.20. The average Bonchev–Trinajstić information content (AvgIpc) is 2.92. The number of nitrogens with zero attached hydrogens (tertiary/aromatic N) is 3. The minimum Gasteiger partial charge on any atom is -0.309 e. The highest BCUT2D eigenvalue weighted by Crippen LogP contribution is 2.23. The van der Waals surface area contributed by atoms with E-state index in [0.717, 1.165) is 5.56 Å². The number of rotatable bonds is 5. The summed E-state index contributed by atoms with van der Waals surface area (Å²) in [6.45, 7) is 4.16. The van der Waals surface area contributed by atoms with Crippen molar-refractivity contribution in [2.24, 2.45) is 7.05 Å². The Balaban J connectivity index is 2.20. The van der Waals surface area contributed by atoms with Crippen molar-refractivity contribution in [3.63, 3.8) is 0 Å². The number of aromatic nitrogens is 4. The number of halogens is 1. The summed E-state index contributed by atoms with van der Waals surface area (Å²) in [6, 6.07) is 7.39. The molecule has 0 aliphatic rings. The highest BCUT2D eigenvalue weighted by molar-refractivity contribution is 7.99. The van der Waals surface area contributed by atoms with Crippen molar-refractivity contribution in [1.82, 2.24) is 19.1 Å². The predicted molar refractivity (Wildman–Crippen MR) is 97.1 cm³/mol. The summed E-state index contributed by atoms with van der Waals surface area (Å²) in [4.78, 5) is 30.9. The van der Waals surface area contributed by atoms with Gasteiger partial charge in [0.2, 0.25) is 0 Å². The number of thioether (sulfide) groups is 1. The lowest BCUT2D eigenvalue weighted by molar-refractivity contribution is 0.728. The van der Waals surface area contributed by atoms with Gasteiger partial charge >= 0.3 is 5.69 Å². The molecule has 0 aliphatic carbocycles. The van der Waals surface area contributed by atoms with Crippen LogP contribution in [0.15, 0.2) is 51.7 Å². The van der Waals surface area contributed by atoms with E-state index in [0.29, 0.717) is 33.6 Å². The lowest BCUT2D eigenvalue weighted by atomic mass is 10.2. The zero-order chi connectivity index (χ0) is 17.3. The zero-order valence-electron chi connectivity index (χ0n) is 13.0. The van der Waals surface area contributed by atoms with Crippen molar-refractivity contribution in [1.29, 1.82) is 0 Å². The van der Waals surface area contributed by atoms with Gasteiger partial charge in [0.1, 0.15) is 0 Å². The molecular weight excluding hydrogens is 348 g/mol. The van der Waals surface area contributed by atoms with E-state index in [2.05, 4.69) is 16.5 Å². The average molecular weight is 363 g/mol. The Bertz CT molecular complexity index is 1020. The van der Waals surface area contributed by atoms with Gasteiger partial charge in [-0.05, 0) is 17.7 Å². The number of aromatic amines is 1. The summed E-state index contributed by atoms with van der Waals surface area (Å²) >= 11 is 7.38. The molecule has 0 unspecified atom stereocenters. The number of H-pyrrole nitrogens is 1. The number of aryl methyl sites for hydroxylation is 1. The van der Waals surface area contributed by atoms with E-state index in [1.807, 2.05) is 16.7 Å². The highest BCUT2D eigenvalue weighted by Gasteiger charge is 2.17. The van der Waals surface area contributed by atoms with Crippen molar-refractivity contribution in [2.75, 3.05) is 5.75 Å². The molecule has 0 aliphatic heterocycles. The first-order chi connectivity index (χ1) is 11.5. The molecule has 24 heavy (non-hydrogen) atoms. The van der Waals surface area contributed by atoms with Gasteiger partial charge < -0.3 is 4.57 Å². The van der Waals surface area contributed by atoms with E-state index >= 15 is 0 Å². The number of hydrogen-bond donors (Lipinski definition) is 1. The topological polar surface area (TPSA) is 72.7 Å². The maximum atomic E-state index is 12.3. The SMILES string of the molecule is C=CCSc1nc2c(c(=O)[nH]c(=O)n2C)n1Cc1ccc(Cl)cc1. The van der Waals surface area contributed by atoms with Gasteiger partial charge in [-0.1, -0.05) is 41.6 Å². The monoisotopic (exact) mass is 362 g/mol. The van der Waals surface area contributed by atoms with Crippen LogP contribution in [0.1, 0.15) is 5.56 Å². The Morgan fingerprint density at radius 1 is 1.33 bits per heavy atom. The number of hydrogen-bond acceptors (Lipinski definition) is 4. The van der Waals surface area contributed by atoms with Gasteiger partial charge in [0, 0.05) is 17.8 Å². The van der Waals surface area contributed by atoms with Gasteiger partial charge in [0.05, 0.1) is 6.54 Å². The van der Waals surface area contributed by atoms with Gasteiger partial charge in [-0.25, -0.2) is 9.78 Å². The molecule has 0 spiro atoms. The number of benzene rings is 1. The van der Waals surface area contributed by atoms with Crippen molar-refractivity contribution < 1.29 is 0 Å². The van der Waals surface area contributed by atoms with E-state index in [9.17, 15) is 9.59 Å². The summed E-state index contributed by atoms with van der Waals surface area (Å²) in [6.07, 6.45) is 1.76. The van der Waals surface area contributed by atoms with E-state index in [-0.39, 0.29) is 0 Å². The second kappa shape index (κ2) is 6.70. The molecule has 0 saturated heterocycles. The van der Waals surface area contributed by atoms with Gasteiger partial charge in [0.25, 0.3) is 5.56 Å². The second-order valence-corrected chi connectivity index (χ2v) is 6.62. The first-order valence-electron chi connectivity index (χ1n) is 7.19. The normalized spacial score (nSPS) is 11.1. The molecule has 6 nitrogen and oxygen atoms in total. The smallest absolute Gasteiger partial charge is 0.309 e. The Labute approximate surface area is 146 Å². The van der Waals surface area contributed by atoms with E-state index < -0.39 is 11.2 Å². The Morgan fingerprint density at radius 3 is 2.71 bits per heavy atom. The predicted octanol–water partition coefficient (Wildman–Crippen LogP) is 2.40. The van der Waals surface area contributed by atoms with Crippen LogP contribution in [0.4, 0.5) is 0 Å². The minimum atomic E-state index is -0.482. The fourth-order valence-corrected chi connectivity index (χ4v) is 3.23. The first-order valence-corrected chi connectivity index (χ1v) is 8.55. The molecule has 2 aromatic heterocycles. The molecule has 3 rings (SSSR count). The fraction of sp³-hybridized carbons (Fsp3) is 0.188. The summed E-state index contributed by atoms with van der Waals surface area (Å²) in [7, 11) is 1.59. The van der Waals surface area contributed by atoms with Crippen molar-refractivity contribution in [2.45, 2.75) is 11.7 Å². The molecule has 0 atom stereocenters. The molecule has 8 heteroatoms. The molecule has 0 radical (unpaired) electrons. The maximum absolute atomic E-state index is 12.3. The van der Waals surface area contributed by atoms with Crippen molar-refractivity contribution >= 4 is 34.5 Å². The third-order valence-corrected chi connectivity index (χ3v) is 4.78. The molecule has 3 aromatic rings. The quantitative estimate of drug-likeness (QED) is 0.558. The van der Waals surface area contributed by atoms with Crippen molar-refractivity contribution in [3.8, 4) is 0 Å². The molecule has 2 heterocycles. The summed E-state index contributed by atoms with van der Waals surface area (Å²) in [5, 5.41) is 1.31. The van der Waals surface area contributed by atoms with Crippen LogP contribution in [0.2, 0.25) is 5.02 Å². The molecule has 0 amide bonds. The molecule has 0 fully saturated rings. The standard InChI is InChI=1S/C16H15ClN4O2S/c1-3-8-24-16-18-13-12(14(22)19-15(23)20(13)2)21(16)9-10-4-6-11(17)7-5-10/h3-7H,1,8-9H2,2H3,(H,19,22,23). The van der Waals surface area contributed by atoms with Crippen LogP contribution in [-0.2, 0) is 13.6 Å². The van der Waals surface area contributed by atoms with Crippen LogP contribution in [0.5, 0.6) is 0 Å². The first kappa shape index (κ1) is 16.6. The van der Waals surface area contributed by atoms with Gasteiger partial charge in [0.15, 0.2) is 16.3 Å². The lowest BCUT2D eigenvalue weighted by Gasteiger charge is -2.08. The number of imidazole rings is 1. The lowest BCUT2D eigenvalue weighted by Crippen LogP contribution is -2.29. The van der Waals surface area contributed by atoms with Gasteiger partial charge in [-0.15, -0.1) is 6.58 Å². The summed E-state index contributed by atoms with van der Waals surface area (Å²) < 4.78 is 3.15. The van der Waals surface area contributed by atoms with Gasteiger partial charge in [-0.3, -0.25) is 14.3 Å². The molecule has 1 N–H and O–H groups in total. The third-order valence-electron chi connectivity index (χ3n) is 3.56. The van der Waals surface area contributed by atoms with Crippen molar-refractivity contribution in [3.05, 3.63) is 68.3 Å². The van der Waals surface area contributed by atoms with Crippen LogP contribution in [0, 0.1) is 0 Å². The van der Waals surface area contributed by atoms with E-state index in [1.54, 1.807) is 25.3 Å². The Hall–Kier alpha value is -2.25. The fourth-order valence-electron chi connectivity index (χ4n) is 2.38. The molecule has 124 valence electrons. The molecule has 0 bridgehead atoms. The minimum absolute atomic E-state index is 0.365. The molecule has 0 saturated carbocycles. The molecule has 1 aromatic carbocycles. The van der Waals surface area contributed by atoms with Crippen LogP contribution in [0.3, 0.4) is 0 Å². The Morgan fingerprint density at radius 2 is 2.04 bits per heavy atom. The maximum Gasteiger partial charge on any atom is 0.329 e. The number of fused-ring (bicyclic) bond motifs is 1. The molecular formula is C16H15ClN4O2S. The van der Waals surface area contributed by atoms with Crippen LogP contribution in [-0.4, -0.2) is 24.9 Å². The van der Waals surface area contributed by atoms with E-state index in [1.165, 1.54) is 16.3 Å². The van der Waals surface area contributed by atoms with Crippen LogP contribution >= 0.6 is 23.4 Å². The summed E-state index contributed by atoms with van der Waals surface area (Å²) in [5.74, 6) is 0.649. The van der Waals surface area contributed by atoms with Crippen LogP contribution in [0.25, 0.3) is 11.2 Å². The summed E-state index contributed by atoms with van der Waals surface area (Å²) in [5.41, 5.74) is 0.791. The third kappa shape index (κ3) is 3.05. The highest BCUT2D eigenvalue weighted by atomic mass is 35.5. The largest absolute Gasteiger partial charge is 0.329 e. The van der Waals surface area contributed by atoms with E-state index in [4.69, 9.17) is 11.6 Å². The zero-order valence-corrected chi connectivity index (χ0v) is 14.5. The number of nitrogens with one attached hydrogen (secondary N) is 1.